The van der Waals surface area contributed by atoms with Crippen LogP contribution in [0.25, 0.3) is 117 Å². The van der Waals surface area contributed by atoms with Crippen LogP contribution in [-0.4, -0.2) is 20.8 Å². The summed E-state index contributed by atoms with van der Waals surface area (Å²) in [5.74, 6) is 4.91. The molecule has 0 saturated heterocycles. The van der Waals surface area contributed by atoms with Crippen molar-refractivity contribution in [3.8, 4) is 118 Å². The Morgan fingerprint density at radius 1 is 0.443 bits per heavy atom. The number of fused-ring (bicyclic) bond motifs is 9. The van der Waals surface area contributed by atoms with Gasteiger partial charge in [0.1, 0.15) is 28.8 Å². The largest absolute Gasteiger partial charge is 0.510 e. The van der Waals surface area contributed by atoms with Crippen LogP contribution in [0.2, 0.25) is 0 Å². The second-order valence-corrected chi connectivity index (χ2v) is 25.8. The van der Waals surface area contributed by atoms with E-state index in [9.17, 15) is 0 Å². The van der Waals surface area contributed by atoms with E-state index in [2.05, 4.69) is 320 Å². The van der Waals surface area contributed by atoms with Gasteiger partial charge in [0.25, 0.3) is 13.0 Å². The Kier molecular flexibility index (Phi) is 14.7. The summed E-state index contributed by atoms with van der Waals surface area (Å²) in [6.45, 7) is 6.58. The molecular weight excluding hydrogens is 1370 g/mol. The summed E-state index contributed by atoms with van der Waals surface area (Å²) >= 11 is 0. The third-order valence-electron chi connectivity index (χ3n) is 18.9. The predicted octanol–water partition coefficient (Wildman–Crippen LogP) is 19.6. The average Bonchev–Trinajstić information content (AvgIpc) is 1.63. The first-order valence-corrected chi connectivity index (χ1v) is 32.6. The molecule has 0 atom stereocenters. The zero-order chi connectivity index (χ0) is 64.0. The Hall–Kier alpha value is -11.6. The Labute approximate surface area is 578 Å². The smallest absolute Gasteiger partial charge is 0.268 e. The van der Waals surface area contributed by atoms with Crippen molar-refractivity contribution in [3.05, 3.63) is 327 Å². The molecule has 0 radical (unpaired) electrons. The number of ether oxygens (including phenoxy) is 3. The summed E-state index contributed by atoms with van der Waals surface area (Å²) in [5.41, 5.74) is 22.7. The molecule has 13 aromatic carbocycles. The van der Waals surface area contributed by atoms with Gasteiger partial charge in [0.2, 0.25) is 0 Å². The molecule has 0 spiro atoms. The van der Waals surface area contributed by atoms with Crippen molar-refractivity contribution in [3.63, 3.8) is 0 Å². The molecular formula is C88H59BN4O3Pt-2. The van der Waals surface area contributed by atoms with E-state index in [-0.39, 0.29) is 33.2 Å². The normalized spacial score (nSPS) is 12.1. The number of hydrogen-bond donors (Lipinski definition) is 0. The number of rotatable bonds is 11. The molecule has 9 heteroatoms. The molecule has 3 aromatic heterocycles. The molecule has 0 saturated carbocycles. The minimum atomic E-state index is -0.150. The monoisotopic (exact) mass is 1430 g/mol. The van der Waals surface area contributed by atoms with Crippen LogP contribution in [0.1, 0.15) is 26.3 Å². The second-order valence-electron chi connectivity index (χ2n) is 25.8. The quantitative estimate of drug-likeness (QED) is 0.0736. The molecule has 0 aliphatic carbocycles. The standard InChI is InChI=1S/C88H59BN4O3.Pt/c1-88(2,3)67-44-45-90-83(52-67)93-78-54-70(42-43-73(78)84-79(93)55-82-85-87(84)96-81-41-21-17-37-75(81)89(85)74-36-16-20-40-80(74)95-82)94-69-33-22-32-68(53-69)91-56-92(77-39-19-18-38-76(77)91)86-71(65-48-61(57-24-8-4-9-25-57)46-62(49-65)58-26-10-5-11-27-58)34-23-35-72(86)66-50-63(59-28-12-6-13-29-59)47-64(51-66)60-30-14-7-15-31-60;/h4-52,55H,1-3H3;/q-2;. The Bertz CT molecular complexity index is 5470. The molecule has 0 N–H and O–H groups in total. The summed E-state index contributed by atoms with van der Waals surface area (Å²) < 4.78 is 27.5. The fourth-order valence-corrected chi connectivity index (χ4v) is 14.3. The van der Waals surface area contributed by atoms with Crippen molar-refractivity contribution < 1.29 is 39.8 Å². The van der Waals surface area contributed by atoms with E-state index in [1.54, 1.807) is 0 Å². The van der Waals surface area contributed by atoms with E-state index in [1.807, 2.05) is 36.5 Å². The fraction of sp³-hybridized carbons (Fsp3) is 0.0455. The number of pyridine rings is 1. The SMILES string of the molecule is CC(C)(C)c1ccnc(-n2c3[c-]c(Oc4[c-]c(-n5[c-][n+](-c6c(-c7cc(-c8ccccc8)cc(-c8ccccc8)c7)cccc6-c6cc(-c7ccccc7)cc(-c7ccccc7)c6)c6ccccc65)ccc4)ccc3c3c4c5c(cc32)Oc2ccccc2B5c2ccccc2O4)c1.[Pt]. The zero-order valence-corrected chi connectivity index (χ0v) is 55.5. The van der Waals surface area contributed by atoms with E-state index < -0.39 is 0 Å². The van der Waals surface area contributed by atoms with Gasteiger partial charge < -0.3 is 23.3 Å². The van der Waals surface area contributed by atoms with Crippen molar-refractivity contribution >= 4 is 55.9 Å². The molecule has 464 valence electrons. The van der Waals surface area contributed by atoms with Gasteiger partial charge in [0.15, 0.2) is 0 Å². The summed E-state index contributed by atoms with van der Waals surface area (Å²) in [6.07, 6.45) is 5.86. The van der Waals surface area contributed by atoms with Crippen LogP contribution in [0.3, 0.4) is 0 Å². The molecule has 97 heavy (non-hydrogen) atoms. The third kappa shape index (κ3) is 10.4. The van der Waals surface area contributed by atoms with Crippen LogP contribution in [0, 0.1) is 18.5 Å². The number of aromatic nitrogens is 4. The minimum Gasteiger partial charge on any atom is -0.510 e. The van der Waals surface area contributed by atoms with Crippen molar-refractivity contribution in [2.75, 3.05) is 0 Å². The van der Waals surface area contributed by atoms with Gasteiger partial charge in [-0.15, -0.1) is 24.3 Å². The first kappa shape index (κ1) is 59.2. The number of benzene rings is 13. The van der Waals surface area contributed by atoms with Gasteiger partial charge in [-0.1, -0.05) is 232 Å². The van der Waals surface area contributed by atoms with Crippen LogP contribution < -0.4 is 35.2 Å². The van der Waals surface area contributed by atoms with Gasteiger partial charge in [-0.3, -0.25) is 4.57 Å². The maximum Gasteiger partial charge on any atom is 0.268 e. The van der Waals surface area contributed by atoms with E-state index in [0.717, 1.165) is 162 Å². The fourth-order valence-electron chi connectivity index (χ4n) is 14.3. The molecule has 0 bridgehead atoms. The minimum absolute atomic E-state index is 0. The summed E-state index contributed by atoms with van der Waals surface area (Å²) in [7, 11) is 0. The van der Waals surface area contributed by atoms with E-state index in [0.29, 0.717) is 11.5 Å². The molecule has 0 amide bonds. The van der Waals surface area contributed by atoms with E-state index in [1.165, 1.54) is 0 Å². The second kappa shape index (κ2) is 24.0. The molecule has 2 aliphatic rings. The molecule has 18 rings (SSSR count). The number of imidazole rings is 1. The van der Waals surface area contributed by atoms with Gasteiger partial charge in [-0.2, -0.15) is 18.2 Å². The van der Waals surface area contributed by atoms with Crippen LogP contribution in [-0.2, 0) is 26.5 Å². The van der Waals surface area contributed by atoms with Gasteiger partial charge in [-0.05, 0) is 160 Å². The number of hydrogen-bond acceptors (Lipinski definition) is 4. The maximum atomic E-state index is 7.10. The summed E-state index contributed by atoms with van der Waals surface area (Å²) in [5, 5.41) is 1.89. The molecule has 0 fully saturated rings. The number of para-hydroxylation sites is 5. The first-order chi connectivity index (χ1) is 47.2. The van der Waals surface area contributed by atoms with Gasteiger partial charge >= 0.3 is 0 Å². The van der Waals surface area contributed by atoms with Gasteiger partial charge in [0.05, 0.1) is 16.7 Å². The molecule has 7 nitrogen and oxygen atoms in total. The Morgan fingerprint density at radius 3 is 1.55 bits per heavy atom. The Morgan fingerprint density at radius 2 is 0.959 bits per heavy atom. The van der Waals surface area contributed by atoms with E-state index >= 15 is 0 Å². The molecule has 5 heterocycles. The number of nitrogens with zero attached hydrogens (tertiary/aromatic N) is 4. The van der Waals surface area contributed by atoms with Crippen molar-refractivity contribution in [1.82, 2.24) is 14.1 Å². The van der Waals surface area contributed by atoms with Crippen molar-refractivity contribution in [1.29, 1.82) is 0 Å². The van der Waals surface area contributed by atoms with Crippen LogP contribution in [0.5, 0.6) is 34.5 Å². The van der Waals surface area contributed by atoms with Gasteiger partial charge in [0, 0.05) is 55.8 Å². The molecule has 16 aromatic rings. The van der Waals surface area contributed by atoms with Crippen LogP contribution in [0.15, 0.2) is 303 Å². The van der Waals surface area contributed by atoms with Crippen LogP contribution in [0.4, 0.5) is 0 Å². The summed E-state index contributed by atoms with van der Waals surface area (Å²) in [6, 6.07) is 113. The Balaban J connectivity index is 0.00000709. The maximum absolute atomic E-state index is 7.10. The molecule has 0 unspecified atom stereocenters. The topological polar surface area (TPSA) is 54.3 Å². The summed E-state index contributed by atoms with van der Waals surface area (Å²) in [4.78, 5) is 5.09. The first-order valence-electron chi connectivity index (χ1n) is 32.6. The predicted molar refractivity (Wildman–Crippen MR) is 389 cm³/mol. The van der Waals surface area contributed by atoms with Crippen molar-refractivity contribution in [2.45, 2.75) is 26.2 Å². The zero-order valence-electron chi connectivity index (χ0n) is 53.3. The molecule has 2 aliphatic heterocycles. The third-order valence-corrected chi connectivity index (χ3v) is 18.9. The van der Waals surface area contributed by atoms with Gasteiger partial charge in [-0.25, -0.2) is 4.98 Å². The van der Waals surface area contributed by atoms with Crippen molar-refractivity contribution in [2.24, 2.45) is 0 Å². The van der Waals surface area contributed by atoms with E-state index in [4.69, 9.17) is 19.2 Å². The van der Waals surface area contributed by atoms with Crippen LogP contribution >= 0.6 is 0 Å². The average molecular weight is 1430 g/mol.